The highest BCUT2D eigenvalue weighted by molar-refractivity contribution is 6.42. The van der Waals surface area contributed by atoms with Gasteiger partial charge in [-0.05, 0) is 23.3 Å². The van der Waals surface area contributed by atoms with Crippen molar-refractivity contribution in [1.29, 1.82) is 0 Å². The van der Waals surface area contributed by atoms with Gasteiger partial charge in [0.15, 0.2) is 0 Å². The number of hydrazone groups is 1. The Morgan fingerprint density at radius 2 is 1.70 bits per heavy atom. The molecule has 0 saturated carbocycles. The molecule has 0 radical (unpaired) electrons. The highest BCUT2D eigenvalue weighted by Gasteiger charge is 2.18. The van der Waals surface area contributed by atoms with Crippen LogP contribution in [0.25, 0.3) is 0 Å². The Morgan fingerprint density at radius 1 is 1.00 bits per heavy atom. The lowest BCUT2D eigenvalue weighted by atomic mass is 10.2. The van der Waals surface area contributed by atoms with E-state index in [0.717, 1.165) is 38.3 Å². The van der Waals surface area contributed by atoms with Crippen molar-refractivity contribution in [3.63, 3.8) is 0 Å². The second-order valence-electron chi connectivity index (χ2n) is 6.50. The number of nitrogens with zero attached hydrogens (tertiary/aromatic N) is 3. The molecule has 1 saturated heterocycles. The van der Waals surface area contributed by atoms with Crippen LogP contribution in [-0.2, 0) is 11.3 Å². The minimum absolute atomic E-state index is 0.122. The zero-order valence-electron chi connectivity index (χ0n) is 14.9. The van der Waals surface area contributed by atoms with Crippen molar-refractivity contribution in [3.05, 3.63) is 69.7 Å². The van der Waals surface area contributed by atoms with Crippen LogP contribution in [0.1, 0.15) is 11.1 Å². The Kier molecular flexibility index (Phi) is 7.24. The molecule has 1 amide bonds. The summed E-state index contributed by atoms with van der Waals surface area (Å²) in [6.45, 7) is 4.95. The third kappa shape index (κ3) is 6.33. The first-order chi connectivity index (χ1) is 13.1. The van der Waals surface area contributed by atoms with E-state index in [0.29, 0.717) is 16.6 Å². The van der Waals surface area contributed by atoms with E-state index in [1.165, 1.54) is 5.56 Å². The van der Waals surface area contributed by atoms with Crippen LogP contribution in [0.4, 0.5) is 0 Å². The van der Waals surface area contributed by atoms with E-state index in [9.17, 15) is 4.79 Å². The minimum atomic E-state index is -0.122. The van der Waals surface area contributed by atoms with Crippen molar-refractivity contribution in [1.82, 2.24) is 15.2 Å². The third-order valence-corrected chi connectivity index (χ3v) is 5.17. The van der Waals surface area contributed by atoms with Crippen LogP contribution in [0, 0.1) is 0 Å². The topological polar surface area (TPSA) is 47.9 Å². The zero-order chi connectivity index (χ0) is 19.1. The van der Waals surface area contributed by atoms with Gasteiger partial charge in [0.1, 0.15) is 0 Å². The fraction of sp³-hybridized carbons (Fsp3) is 0.300. The molecular weight excluding hydrogens is 383 g/mol. The first kappa shape index (κ1) is 19.8. The molecule has 0 aliphatic carbocycles. The van der Waals surface area contributed by atoms with Gasteiger partial charge in [-0.1, -0.05) is 59.6 Å². The van der Waals surface area contributed by atoms with Crippen LogP contribution in [0.3, 0.4) is 0 Å². The van der Waals surface area contributed by atoms with Gasteiger partial charge in [0.2, 0.25) is 0 Å². The highest BCUT2D eigenvalue weighted by atomic mass is 35.5. The Hall–Kier alpha value is -1.92. The summed E-state index contributed by atoms with van der Waals surface area (Å²) in [6.07, 6.45) is 1.55. The van der Waals surface area contributed by atoms with Crippen molar-refractivity contribution >= 4 is 35.3 Å². The lowest BCUT2D eigenvalue weighted by Gasteiger charge is -2.34. The van der Waals surface area contributed by atoms with Gasteiger partial charge in [0.25, 0.3) is 5.91 Å². The molecule has 0 bridgehead atoms. The largest absolute Gasteiger partial charge is 0.297 e. The van der Waals surface area contributed by atoms with Crippen LogP contribution in [0.5, 0.6) is 0 Å². The Balaban J connectivity index is 1.39. The van der Waals surface area contributed by atoms with Gasteiger partial charge in [-0.15, -0.1) is 0 Å². The van der Waals surface area contributed by atoms with Crippen LogP contribution < -0.4 is 5.43 Å². The monoisotopic (exact) mass is 404 g/mol. The third-order valence-electron chi connectivity index (χ3n) is 4.43. The lowest BCUT2D eigenvalue weighted by Crippen LogP contribution is -2.48. The number of piperazine rings is 1. The molecule has 0 spiro atoms. The summed E-state index contributed by atoms with van der Waals surface area (Å²) >= 11 is 11.8. The molecule has 3 rings (SSSR count). The van der Waals surface area contributed by atoms with Crippen LogP contribution in [-0.4, -0.2) is 54.6 Å². The van der Waals surface area contributed by atoms with Crippen molar-refractivity contribution in [3.8, 4) is 0 Å². The number of hydrogen-bond acceptors (Lipinski definition) is 4. The molecule has 1 heterocycles. The van der Waals surface area contributed by atoms with Gasteiger partial charge in [0, 0.05) is 32.7 Å². The molecule has 1 fully saturated rings. The maximum Gasteiger partial charge on any atom is 0.254 e. The number of halogens is 2. The highest BCUT2D eigenvalue weighted by Crippen LogP contribution is 2.21. The van der Waals surface area contributed by atoms with E-state index in [1.54, 1.807) is 24.4 Å². The molecule has 1 N–H and O–H groups in total. The van der Waals surface area contributed by atoms with E-state index in [2.05, 4.69) is 44.6 Å². The SMILES string of the molecule is O=C(CN1CCN(Cc2ccccc2)CC1)N/N=C\c1ccc(Cl)c(Cl)c1. The summed E-state index contributed by atoms with van der Waals surface area (Å²) in [7, 11) is 0. The smallest absolute Gasteiger partial charge is 0.254 e. The van der Waals surface area contributed by atoms with E-state index >= 15 is 0 Å². The van der Waals surface area contributed by atoms with Gasteiger partial charge in [-0.25, -0.2) is 5.43 Å². The van der Waals surface area contributed by atoms with Crippen LogP contribution in [0.15, 0.2) is 53.6 Å². The molecule has 0 aromatic heterocycles. The number of rotatable bonds is 6. The molecule has 5 nitrogen and oxygen atoms in total. The first-order valence-corrected chi connectivity index (χ1v) is 9.61. The van der Waals surface area contributed by atoms with Gasteiger partial charge < -0.3 is 0 Å². The predicted octanol–water partition coefficient (Wildman–Crippen LogP) is 3.26. The number of benzene rings is 2. The molecule has 142 valence electrons. The quantitative estimate of drug-likeness (QED) is 0.593. The molecule has 27 heavy (non-hydrogen) atoms. The number of hydrogen-bond donors (Lipinski definition) is 1. The van der Waals surface area contributed by atoms with Crippen LogP contribution >= 0.6 is 23.2 Å². The van der Waals surface area contributed by atoms with Crippen molar-refractivity contribution in [2.75, 3.05) is 32.7 Å². The molecule has 1 aliphatic heterocycles. The molecule has 0 unspecified atom stereocenters. The van der Waals surface area contributed by atoms with Crippen molar-refractivity contribution in [2.24, 2.45) is 5.10 Å². The van der Waals surface area contributed by atoms with Crippen molar-refractivity contribution < 1.29 is 4.79 Å². The molecule has 0 atom stereocenters. The molecular formula is C20H22Cl2N4O. The average molecular weight is 405 g/mol. The van der Waals surface area contributed by atoms with Gasteiger partial charge in [0.05, 0.1) is 22.8 Å². The Morgan fingerprint density at radius 3 is 2.41 bits per heavy atom. The maximum absolute atomic E-state index is 12.1. The van der Waals surface area contributed by atoms with Gasteiger partial charge in [-0.2, -0.15) is 5.10 Å². The fourth-order valence-electron chi connectivity index (χ4n) is 2.96. The Bertz CT molecular complexity index is 790. The number of nitrogens with one attached hydrogen (secondary N) is 1. The lowest BCUT2D eigenvalue weighted by molar-refractivity contribution is -0.122. The van der Waals surface area contributed by atoms with Gasteiger partial charge in [-0.3, -0.25) is 14.6 Å². The average Bonchev–Trinajstić information content (AvgIpc) is 2.67. The van der Waals surface area contributed by atoms with E-state index < -0.39 is 0 Å². The summed E-state index contributed by atoms with van der Waals surface area (Å²) in [5.74, 6) is -0.122. The molecule has 2 aromatic carbocycles. The summed E-state index contributed by atoms with van der Waals surface area (Å²) in [5, 5.41) is 4.93. The summed E-state index contributed by atoms with van der Waals surface area (Å²) < 4.78 is 0. The number of carbonyl (C=O) groups is 1. The number of amides is 1. The van der Waals surface area contributed by atoms with E-state index in [4.69, 9.17) is 23.2 Å². The maximum atomic E-state index is 12.1. The molecule has 1 aliphatic rings. The summed E-state index contributed by atoms with van der Waals surface area (Å²) in [4.78, 5) is 16.6. The predicted molar refractivity (Wildman–Crippen MR) is 110 cm³/mol. The van der Waals surface area contributed by atoms with E-state index in [1.807, 2.05) is 6.07 Å². The van der Waals surface area contributed by atoms with E-state index in [-0.39, 0.29) is 5.91 Å². The second kappa shape index (κ2) is 9.85. The van der Waals surface area contributed by atoms with Crippen LogP contribution in [0.2, 0.25) is 10.0 Å². The summed E-state index contributed by atoms with van der Waals surface area (Å²) in [6, 6.07) is 15.6. The minimum Gasteiger partial charge on any atom is -0.297 e. The fourth-order valence-corrected chi connectivity index (χ4v) is 3.26. The summed E-state index contributed by atoms with van der Waals surface area (Å²) in [5.41, 5.74) is 4.66. The van der Waals surface area contributed by atoms with Crippen molar-refractivity contribution in [2.45, 2.75) is 6.54 Å². The normalized spacial score (nSPS) is 15.9. The second-order valence-corrected chi connectivity index (χ2v) is 7.32. The molecule has 7 heteroatoms. The molecule has 2 aromatic rings. The zero-order valence-corrected chi connectivity index (χ0v) is 16.5. The standard InChI is InChI=1S/C20H22Cl2N4O/c21-18-7-6-17(12-19(18)22)13-23-24-20(27)15-26-10-8-25(9-11-26)14-16-4-2-1-3-5-16/h1-7,12-13H,8-11,14-15H2,(H,24,27)/b23-13-. The Labute approximate surface area is 169 Å². The number of carbonyl (C=O) groups excluding carboxylic acids is 1. The van der Waals surface area contributed by atoms with Gasteiger partial charge >= 0.3 is 0 Å². The first-order valence-electron chi connectivity index (χ1n) is 8.86.